The van der Waals surface area contributed by atoms with Gasteiger partial charge in [-0.15, -0.1) is 0 Å². The van der Waals surface area contributed by atoms with Crippen LogP contribution in [0.5, 0.6) is 0 Å². The van der Waals surface area contributed by atoms with E-state index in [0.717, 1.165) is 11.5 Å². The fraction of sp³-hybridized carbons (Fsp3) is 0.571. The highest BCUT2D eigenvalue weighted by molar-refractivity contribution is 5.67. The highest BCUT2D eigenvalue weighted by atomic mass is 19.1. The van der Waals surface area contributed by atoms with Crippen LogP contribution in [0.25, 0.3) is 0 Å². The number of ether oxygens (including phenoxy) is 2. The molecule has 7 nitrogen and oxygen atoms in total. The maximum Gasteiger partial charge on any atom is 0.330 e. The van der Waals surface area contributed by atoms with Crippen LogP contribution in [0.3, 0.4) is 0 Å². The molecule has 0 spiro atoms. The number of aromatic amines is 1. The minimum Gasteiger partial charge on any atom is -0.453 e. The van der Waals surface area contributed by atoms with E-state index in [1.165, 1.54) is 27.0 Å². The lowest BCUT2D eigenvalue weighted by Gasteiger charge is -2.36. The van der Waals surface area contributed by atoms with Gasteiger partial charge in [-0.3, -0.25) is 19.1 Å². The molecule has 0 aliphatic carbocycles. The molecule has 1 saturated heterocycles. The van der Waals surface area contributed by atoms with Crippen molar-refractivity contribution in [3.05, 3.63) is 39.5 Å². The Kier molecular flexibility index (Phi) is 3.76. The molecule has 2 rings (SSSR count). The van der Waals surface area contributed by atoms with Gasteiger partial charge in [-0.05, 0) is 27.7 Å². The quantitative estimate of drug-likeness (QED) is 0.809. The number of carbonyl (C=O) groups is 1. The predicted octanol–water partition coefficient (Wildman–Crippen LogP) is 0.627. The summed E-state index contributed by atoms with van der Waals surface area (Å²) >= 11 is 0. The Labute approximate surface area is 126 Å². The Morgan fingerprint density at radius 3 is 2.64 bits per heavy atom. The van der Waals surface area contributed by atoms with Gasteiger partial charge in [-0.1, -0.05) is 0 Å². The third kappa shape index (κ3) is 2.27. The van der Waals surface area contributed by atoms with E-state index in [1.807, 2.05) is 0 Å². The average molecular weight is 313 g/mol. The van der Waals surface area contributed by atoms with E-state index >= 15 is 4.39 Å². The third-order valence-corrected chi connectivity index (χ3v) is 4.10. The number of halogens is 1. The summed E-state index contributed by atoms with van der Waals surface area (Å²) in [5.41, 5.74) is -5.06. The number of H-pyrrole nitrogens is 1. The van der Waals surface area contributed by atoms with Crippen LogP contribution in [0.2, 0.25) is 0 Å². The Balaban J connectivity index is 2.55. The summed E-state index contributed by atoms with van der Waals surface area (Å²) in [6.45, 7) is 8.81. The highest BCUT2D eigenvalue weighted by Gasteiger charge is 2.65. The molecule has 1 N–H and O–H groups in total. The van der Waals surface area contributed by atoms with E-state index in [0.29, 0.717) is 0 Å². The highest BCUT2D eigenvalue weighted by Crippen LogP contribution is 2.49. The van der Waals surface area contributed by atoms with Crippen molar-refractivity contribution < 1.29 is 18.7 Å². The zero-order valence-electron chi connectivity index (χ0n) is 12.8. The number of rotatable bonds is 2. The SMILES string of the molecule is [CH2][C@H]1OC(n2cc(C)c(=O)[nH]c2=O)[C@](C)(F)C1(C)OC(C)=O. The standard InChI is InChI=1S/C14H18FN2O5/c1-7-6-17(12(20)16-10(7)19)11-13(4,15)14(5,8(2)21-11)22-9(3)18/h6,8,11H,2H2,1,3-5H3,(H,16,19,20)/t8-,11?,13+,14?/m1/s1. The molecule has 22 heavy (non-hydrogen) atoms. The number of nitrogens with one attached hydrogen (secondary N) is 1. The van der Waals surface area contributed by atoms with Crippen LogP contribution in [0.15, 0.2) is 15.8 Å². The second-order valence-corrected chi connectivity index (χ2v) is 5.73. The maximum atomic E-state index is 15.3. The number of esters is 1. The molecular formula is C14H18FN2O5. The molecule has 1 aromatic rings. The van der Waals surface area contributed by atoms with Gasteiger partial charge in [0.1, 0.15) is 6.10 Å². The number of aryl methyl sites for hydroxylation is 1. The lowest BCUT2D eigenvalue weighted by Crippen LogP contribution is -2.54. The Bertz CT molecular complexity index is 723. The summed E-state index contributed by atoms with van der Waals surface area (Å²) in [5, 5.41) is 0. The number of nitrogens with zero attached hydrogens (tertiary/aromatic N) is 1. The largest absolute Gasteiger partial charge is 0.453 e. The van der Waals surface area contributed by atoms with Gasteiger partial charge in [0.05, 0.1) is 0 Å². The molecule has 0 aromatic carbocycles. The van der Waals surface area contributed by atoms with Crippen molar-refractivity contribution in [1.29, 1.82) is 0 Å². The monoisotopic (exact) mass is 313 g/mol. The number of alkyl halides is 1. The van der Waals surface area contributed by atoms with Gasteiger partial charge >= 0.3 is 11.7 Å². The molecular weight excluding hydrogens is 295 g/mol. The molecule has 2 heterocycles. The fourth-order valence-electron chi connectivity index (χ4n) is 2.52. The van der Waals surface area contributed by atoms with Crippen LogP contribution in [0.1, 0.15) is 32.6 Å². The summed E-state index contributed by atoms with van der Waals surface area (Å²) < 4.78 is 26.8. The maximum absolute atomic E-state index is 15.3. The molecule has 1 aromatic heterocycles. The van der Waals surface area contributed by atoms with Crippen molar-refractivity contribution in [3.63, 3.8) is 0 Å². The first-order valence-electron chi connectivity index (χ1n) is 6.70. The van der Waals surface area contributed by atoms with E-state index in [-0.39, 0.29) is 5.56 Å². The van der Waals surface area contributed by atoms with E-state index in [2.05, 4.69) is 11.9 Å². The molecule has 0 amide bonds. The Hall–Kier alpha value is -1.96. The molecule has 121 valence electrons. The molecule has 1 radical (unpaired) electrons. The Morgan fingerprint density at radius 1 is 1.50 bits per heavy atom. The van der Waals surface area contributed by atoms with Crippen molar-refractivity contribution >= 4 is 5.97 Å². The third-order valence-electron chi connectivity index (χ3n) is 4.10. The van der Waals surface area contributed by atoms with Gasteiger partial charge in [0.25, 0.3) is 5.56 Å². The molecule has 1 aliphatic heterocycles. The topological polar surface area (TPSA) is 90.4 Å². The molecule has 0 saturated carbocycles. The molecule has 1 aliphatic rings. The van der Waals surface area contributed by atoms with Crippen LogP contribution < -0.4 is 11.2 Å². The normalized spacial score (nSPS) is 34.6. The molecule has 8 heteroatoms. The number of carbonyl (C=O) groups excluding carboxylic acids is 1. The first-order valence-corrected chi connectivity index (χ1v) is 6.70. The molecule has 0 bridgehead atoms. The van der Waals surface area contributed by atoms with Gasteiger partial charge in [0, 0.05) is 18.7 Å². The summed E-state index contributed by atoms with van der Waals surface area (Å²) in [7, 11) is 0. The van der Waals surface area contributed by atoms with Crippen LogP contribution in [0.4, 0.5) is 4.39 Å². The lowest BCUT2D eigenvalue weighted by atomic mass is 9.84. The van der Waals surface area contributed by atoms with Gasteiger partial charge in [-0.2, -0.15) is 0 Å². The van der Waals surface area contributed by atoms with E-state index in [4.69, 9.17) is 9.47 Å². The number of hydrogen-bond donors (Lipinski definition) is 1. The second-order valence-electron chi connectivity index (χ2n) is 5.73. The number of hydrogen-bond acceptors (Lipinski definition) is 5. The van der Waals surface area contributed by atoms with Crippen molar-refractivity contribution in [2.24, 2.45) is 0 Å². The predicted molar refractivity (Wildman–Crippen MR) is 75.0 cm³/mol. The smallest absolute Gasteiger partial charge is 0.330 e. The Morgan fingerprint density at radius 2 is 2.09 bits per heavy atom. The van der Waals surface area contributed by atoms with Crippen LogP contribution in [-0.4, -0.2) is 32.9 Å². The molecule has 2 unspecified atom stereocenters. The van der Waals surface area contributed by atoms with Crippen LogP contribution in [-0.2, 0) is 14.3 Å². The van der Waals surface area contributed by atoms with Crippen molar-refractivity contribution in [3.8, 4) is 0 Å². The fourth-order valence-corrected chi connectivity index (χ4v) is 2.52. The van der Waals surface area contributed by atoms with Gasteiger partial charge in [0.2, 0.25) is 0 Å². The second kappa shape index (κ2) is 5.05. The number of aromatic nitrogens is 2. The van der Waals surface area contributed by atoms with Crippen molar-refractivity contribution in [1.82, 2.24) is 9.55 Å². The van der Waals surface area contributed by atoms with E-state index in [1.54, 1.807) is 0 Å². The van der Waals surface area contributed by atoms with Crippen LogP contribution >= 0.6 is 0 Å². The van der Waals surface area contributed by atoms with E-state index in [9.17, 15) is 14.4 Å². The summed E-state index contributed by atoms with van der Waals surface area (Å²) in [6.07, 6.45) is -1.21. The first-order chi connectivity index (χ1) is 10.0. The van der Waals surface area contributed by atoms with Gasteiger partial charge in [-0.25, -0.2) is 9.18 Å². The van der Waals surface area contributed by atoms with Gasteiger partial charge < -0.3 is 9.47 Å². The molecule has 4 atom stereocenters. The van der Waals surface area contributed by atoms with Crippen molar-refractivity contribution in [2.45, 2.75) is 51.3 Å². The van der Waals surface area contributed by atoms with E-state index < -0.39 is 40.8 Å². The first kappa shape index (κ1) is 16.4. The summed E-state index contributed by atoms with van der Waals surface area (Å²) in [4.78, 5) is 36.7. The zero-order valence-corrected chi connectivity index (χ0v) is 12.8. The average Bonchev–Trinajstić information content (AvgIpc) is 2.54. The minimum absolute atomic E-state index is 0.223. The minimum atomic E-state index is -2.24. The lowest BCUT2D eigenvalue weighted by molar-refractivity contribution is -0.171. The van der Waals surface area contributed by atoms with Crippen molar-refractivity contribution in [2.75, 3.05) is 0 Å². The van der Waals surface area contributed by atoms with Gasteiger partial charge in [0.15, 0.2) is 17.5 Å². The summed E-state index contributed by atoms with van der Waals surface area (Å²) in [6, 6.07) is 0. The summed E-state index contributed by atoms with van der Waals surface area (Å²) in [5.74, 6) is -0.686. The zero-order chi connectivity index (χ0) is 16.9. The molecule has 1 fully saturated rings. The van der Waals surface area contributed by atoms with Crippen LogP contribution in [0, 0.1) is 13.8 Å².